The third-order valence-electron chi connectivity index (χ3n) is 5.30. The topological polar surface area (TPSA) is 0 Å². The normalized spacial score (nSPS) is 33.2. The molecular formula is C19H16P+. The summed E-state index contributed by atoms with van der Waals surface area (Å²) in [6.45, 7) is 7.04. The minimum atomic E-state index is -1.36. The van der Waals surface area contributed by atoms with E-state index in [2.05, 4.69) is 49.4 Å². The fraction of sp³-hybridized carbons (Fsp3) is 0.263. The number of allylic oxidation sites excluding steroid dienone is 2. The van der Waals surface area contributed by atoms with E-state index in [1.807, 2.05) is 0 Å². The summed E-state index contributed by atoms with van der Waals surface area (Å²) in [4.78, 5) is 0. The highest BCUT2D eigenvalue weighted by molar-refractivity contribution is 7.90. The predicted molar refractivity (Wildman–Crippen MR) is 87.9 cm³/mol. The van der Waals surface area contributed by atoms with Gasteiger partial charge in [0.1, 0.15) is 16.3 Å². The molecule has 0 saturated heterocycles. The molecule has 0 aromatic heterocycles. The molecule has 6 rings (SSSR count). The van der Waals surface area contributed by atoms with E-state index in [0.717, 1.165) is 6.42 Å². The van der Waals surface area contributed by atoms with Gasteiger partial charge in [-0.05, 0) is 23.6 Å². The summed E-state index contributed by atoms with van der Waals surface area (Å²) < 4.78 is 0. The maximum Gasteiger partial charge on any atom is 0.142 e. The largest absolute Gasteiger partial charge is 0.142 e. The van der Waals surface area contributed by atoms with Crippen LogP contribution in [-0.2, 0) is 0 Å². The molecule has 0 nitrogen and oxygen atoms in total. The van der Waals surface area contributed by atoms with Crippen molar-refractivity contribution in [3.8, 4) is 11.8 Å². The average molecular weight is 275 g/mol. The fourth-order valence-corrected chi connectivity index (χ4v) is 8.07. The smallest absolute Gasteiger partial charge is 0.0716 e. The Bertz CT molecular complexity index is 911. The van der Waals surface area contributed by atoms with Crippen LogP contribution in [-0.4, -0.2) is 12.3 Å². The molecule has 0 N–H and O–H groups in total. The lowest BCUT2D eigenvalue weighted by Gasteiger charge is -2.38. The van der Waals surface area contributed by atoms with Crippen LogP contribution in [0.15, 0.2) is 35.7 Å². The molecule has 3 heterocycles. The lowest BCUT2D eigenvalue weighted by Crippen LogP contribution is -2.39. The van der Waals surface area contributed by atoms with E-state index < -0.39 is 7.26 Å². The molecule has 1 fully saturated rings. The Labute approximate surface area is 119 Å². The lowest BCUT2D eigenvalue weighted by molar-refractivity contribution is 1.11. The van der Waals surface area contributed by atoms with E-state index in [1.54, 1.807) is 10.9 Å². The number of hydrogen-bond acceptors (Lipinski definition) is 0. The molecule has 2 atom stereocenters. The van der Waals surface area contributed by atoms with Gasteiger partial charge in [-0.2, -0.15) is 0 Å². The third kappa shape index (κ3) is 1.11. The molecule has 1 aromatic carbocycles. The maximum absolute atomic E-state index is 4.55. The summed E-state index contributed by atoms with van der Waals surface area (Å²) in [6.07, 6.45) is 6.09. The Morgan fingerprint density at radius 1 is 1.30 bits per heavy atom. The van der Waals surface area contributed by atoms with Crippen LogP contribution in [0.4, 0.5) is 0 Å². The van der Waals surface area contributed by atoms with Crippen molar-refractivity contribution in [3.63, 3.8) is 0 Å². The second-order valence-corrected chi connectivity index (χ2v) is 10.1. The fourth-order valence-electron chi connectivity index (χ4n) is 4.06. The first kappa shape index (κ1) is 11.1. The molecule has 6 bridgehead atoms. The number of hydrogen-bond donors (Lipinski definition) is 0. The van der Waals surface area contributed by atoms with Crippen molar-refractivity contribution >= 4 is 24.2 Å². The average Bonchev–Trinajstić information content (AvgIpc) is 3.24. The van der Waals surface area contributed by atoms with Crippen molar-refractivity contribution in [2.45, 2.75) is 24.9 Å². The molecule has 1 heteroatoms. The van der Waals surface area contributed by atoms with Gasteiger partial charge in [-0.3, -0.25) is 0 Å². The summed E-state index contributed by atoms with van der Waals surface area (Å²) in [5.41, 5.74) is 4.92. The van der Waals surface area contributed by atoms with E-state index in [1.165, 1.54) is 39.7 Å². The maximum atomic E-state index is 4.55. The Morgan fingerprint density at radius 2 is 2.15 bits per heavy atom. The summed E-state index contributed by atoms with van der Waals surface area (Å²) in [5.74, 6) is 7.12. The van der Waals surface area contributed by atoms with Crippen LogP contribution in [0.1, 0.15) is 24.8 Å². The molecule has 5 aliphatic rings. The molecule has 20 heavy (non-hydrogen) atoms. The SMILES string of the molecule is C=C1c2ccc/c3c2=C2C#CC(C/C=3)[P+]1(C)C2=C1CC1. The molecule has 2 aliphatic carbocycles. The second kappa shape index (κ2) is 3.36. The molecular weight excluding hydrogens is 259 g/mol. The molecule has 1 aromatic rings. The van der Waals surface area contributed by atoms with Crippen molar-refractivity contribution in [3.05, 3.63) is 51.7 Å². The van der Waals surface area contributed by atoms with Crippen LogP contribution in [0.5, 0.6) is 0 Å². The van der Waals surface area contributed by atoms with Gasteiger partial charge in [0.05, 0.1) is 19.5 Å². The van der Waals surface area contributed by atoms with Gasteiger partial charge < -0.3 is 0 Å². The Kier molecular flexibility index (Phi) is 1.87. The molecule has 1 saturated carbocycles. The second-order valence-electron chi connectivity index (χ2n) is 6.34. The number of rotatable bonds is 0. The van der Waals surface area contributed by atoms with E-state index in [0.29, 0.717) is 5.66 Å². The highest BCUT2D eigenvalue weighted by Crippen LogP contribution is 2.80. The monoisotopic (exact) mass is 275 g/mol. The standard InChI is InChI=1S/C19H16P/c1-12-16-5-3-4-13-8-9-15-10-11-17(18(13)16)19(14-6-7-14)20(12,15)2/h3-5,8,15H,1,6-7,9H2,2H3/q+1/b13-8+. The zero-order chi connectivity index (χ0) is 13.5. The minimum absolute atomic E-state index is 0.494. The van der Waals surface area contributed by atoms with Crippen molar-refractivity contribution in [2.24, 2.45) is 0 Å². The molecule has 96 valence electrons. The van der Waals surface area contributed by atoms with Crippen LogP contribution in [0.25, 0.3) is 17.0 Å². The number of benzene rings is 1. The predicted octanol–water partition coefficient (Wildman–Crippen LogP) is 3.09. The molecule has 0 amide bonds. The summed E-state index contributed by atoms with van der Waals surface area (Å²) >= 11 is 0. The van der Waals surface area contributed by atoms with Crippen LogP contribution < -0.4 is 10.4 Å². The van der Waals surface area contributed by atoms with Crippen LogP contribution >= 0.6 is 7.26 Å². The van der Waals surface area contributed by atoms with Gasteiger partial charge in [-0.25, -0.2) is 0 Å². The van der Waals surface area contributed by atoms with Gasteiger partial charge in [0, 0.05) is 17.2 Å². The Morgan fingerprint density at radius 3 is 2.95 bits per heavy atom. The number of fused-ring (bicyclic) bond motifs is 1. The van der Waals surface area contributed by atoms with Crippen LogP contribution in [0.3, 0.4) is 0 Å². The molecule has 3 aliphatic heterocycles. The summed E-state index contributed by atoms with van der Waals surface area (Å²) in [7, 11) is -1.36. The van der Waals surface area contributed by atoms with Crippen molar-refractivity contribution in [2.75, 3.05) is 6.66 Å². The highest BCUT2D eigenvalue weighted by Gasteiger charge is 2.56. The van der Waals surface area contributed by atoms with Gasteiger partial charge in [0.25, 0.3) is 0 Å². The van der Waals surface area contributed by atoms with Gasteiger partial charge in [0.15, 0.2) is 0 Å². The first-order valence-corrected chi connectivity index (χ1v) is 9.66. The Balaban J connectivity index is 2.15. The quantitative estimate of drug-likeness (QED) is 0.504. The molecule has 2 unspecified atom stereocenters. The third-order valence-corrected chi connectivity index (χ3v) is 9.72. The molecule has 0 radical (unpaired) electrons. The zero-order valence-corrected chi connectivity index (χ0v) is 12.6. The van der Waals surface area contributed by atoms with E-state index >= 15 is 0 Å². The summed E-state index contributed by atoms with van der Waals surface area (Å²) in [5, 5.41) is 5.82. The van der Waals surface area contributed by atoms with Crippen molar-refractivity contribution in [1.29, 1.82) is 0 Å². The zero-order valence-electron chi connectivity index (χ0n) is 11.7. The highest BCUT2D eigenvalue weighted by atomic mass is 31.2. The van der Waals surface area contributed by atoms with Crippen LogP contribution in [0, 0.1) is 11.8 Å². The van der Waals surface area contributed by atoms with Gasteiger partial charge in [-0.1, -0.05) is 42.7 Å². The van der Waals surface area contributed by atoms with Gasteiger partial charge in [0.2, 0.25) is 0 Å². The van der Waals surface area contributed by atoms with E-state index in [-0.39, 0.29) is 0 Å². The Hall–Kier alpha value is -1.57. The van der Waals surface area contributed by atoms with Crippen molar-refractivity contribution in [1.82, 2.24) is 0 Å². The minimum Gasteiger partial charge on any atom is -0.0716 e. The molecule has 0 spiro atoms. The van der Waals surface area contributed by atoms with Gasteiger partial charge in [-0.15, -0.1) is 0 Å². The summed E-state index contributed by atoms with van der Waals surface area (Å²) in [6, 6.07) is 6.69. The van der Waals surface area contributed by atoms with Crippen LogP contribution in [0.2, 0.25) is 0 Å². The van der Waals surface area contributed by atoms with E-state index in [4.69, 9.17) is 0 Å². The first-order chi connectivity index (χ1) is 9.71. The van der Waals surface area contributed by atoms with E-state index in [9.17, 15) is 0 Å². The lowest BCUT2D eigenvalue weighted by atomic mass is 9.99. The first-order valence-electron chi connectivity index (χ1n) is 7.35. The van der Waals surface area contributed by atoms with Crippen molar-refractivity contribution < 1.29 is 0 Å². The van der Waals surface area contributed by atoms with Gasteiger partial charge >= 0.3 is 0 Å².